The van der Waals surface area contributed by atoms with Crippen molar-refractivity contribution in [1.82, 2.24) is 4.98 Å². The van der Waals surface area contributed by atoms with Crippen LogP contribution >= 0.6 is 11.3 Å². The molecule has 88 valence electrons. The van der Waals surface area contributed by atoms with Crippen molar-refractivity contribution in [2.45, 2.75) is 6.92 Å². The highest BCUT2D eigenvalue weighted by atomic mass is 32.1. The van der Waals surface area contributed by atoms with E-state index in [4.69, 9.17) is 0 Å². The van der Waals surface area contributed by atoms with Crippen molar-refractivity contribution in [3.63, 3.8) is 0 Å². The lowest BCUT2D eigenvalue weighted by molar-refractivity contribution is 1.41. The third kappa shape index (κ3) is 2.07. The second-order valence-electron chi connectivity index (χ2n) is 4.25. The Labute approximate surface area is 111 Å². The summed E-state index contributed by atoms with van der Waals surface area (Å²) in [5, 5.41) is 3.09. The Hall–Kier alpha value is -1.93. The largest absolute Gasteiger partial charge is 0.245 e. The van der Waals surface area contributed by atoms with Crippen LogP contribution < -0.4 is 0 Å². The predicted molar refractivity (Wildman–Crippen MR) is 77.7 cm³/mol. The van der Waals surface area contributed by atoms with E-state index in [1.807, 2.05) is 11.6 Å². The van der Waals surface area contributed by atoms with E-state index in [1.165, 1.54) is 22.3 Å². The molecule has 3 aromatic rings. The lowest BCUT2D eigenvalue weighted by Gasteiger charge is -2.07. The maximum atomic E-state index is 4.41. The van der Waals surface area contributed by atoms with E-state index in [2.05, 4.69) is 60.4 Å². The molecule has 1 heterocycles. The molecule has 0 radical (unpaired) electrons. The van der Waals surface area contributed by atoms with Gasteiger partial charge in [-0.25, -0.2) is 4.98 Å². The van der Waals surface area contributed by atoms with Crippen molar-refractivity contribution >= 4 is 11.3 Å². The van der Waals surface area contributed by atoms with Crippen LogP contribution in [0.2, 0.25) is 0 Å². The summed E-state index contributed by atoms with van der Waals surface area (Å²) in [5.74, 6) is 0. The molecule has 0 N–H and O–H groups in total. The summed E-state index contributed by atoms with van der Waals surface area (Å²) in [6, 6.07) is 17.1. The van der Waals surface area contributed by atoms with Crippen LogP contribution in [0.1, 0.15) is 5.56 Å². The molecule has 1 nitrogen and oxygen atoms in total. The van der Waals surface area contributed by atoms with Crippen LogP contribution in [0, 0.1) is 6.92 Å². The normalized spacial score (nSPS) is 10.5. The average Bonchev–Trinajstić information content (AvgIpc) is 2.93. The van der Waals surface area contributed by atoms with Crippen molar-refractivity contribution < 1.29 is 0 Å². The smallest absolute Gasteiger partial charge is 0.123 e. The second kappa shape index (κ2) is 4.75. The van der Waals surface area contributed by atoms with E-state index < -0.39 is 0 Å². The molecule has 0 aliphatic rings. The number of hydrogen-bond donors (Lipinski definition) is 0. The van der Waals surface area contributed by atoms with Crippen LogP contribution in [0.15, 0.2) is 60.1 Å². The number of aryl methyl sites for hydroxylation is 1. The Morgan fingerprint density at radius 2 is 1.61 bits per heavy atom. The van der Waals surface area contributed by atoms with E-state index in [1.54, 1.807) is 11.3 Å². The van der Waals surface area contributed by atoms with E-state index in [9.17, 15) is 0 Å². The van der Waals surface area contributed by atoms with Gasteiger partial charge < -0.3 is 0 Å². The Morgan fingerprint density at radius 1 is 0.889 bits per heavy atom. The van der Waals surface area contributed by atoms with Crippen molar-refractivity contribution in [3.05, 3.63) is 65.7 Å². The van der Waals surface area contributed by atoms with Gasteiger partial charge in [0, 0.05) is 17.1 Å². The molecule has 0 atom stereocenters. The van der Waals surface area contributed by atoms with Crippen LogP contribution in [0.5, 0.6) is 0 Å². The van der Waals surface area contributed by atoms with Crippen LogP contribution in [0.4, 0.5) is 0 Å². The maximum absolute atomic E-state index is 4.41. The van der Waals surface area contributed by atoms with Crippen LogP contribution in [0.3, 0.4) is 0 Å². The monoisotopic (exact) mass is 251 g/mol. The lowest BCUT2D eigenvalue weighted by Crippen LogP contribution is -1.84. The highest BCUT2D eigenvalue weighted by Gasteiger charge is 2.08. The first-order chi connectivity index (χ1) is 8.84. The minimum Gasteiger partial charge on any atom is -0.245 e. The standard InChI is InChI=1S/C16H13NS/c1-12-6-8-13(9-7-12)14-4-2-3-5-15(14)16-17-10-11-18-16/h2-11H,1H3. The van der Waals surface area contributed by atoms with Gasteiger partial charge in [0.15, 0.2) is 0 Å². The number of thiazole rings is 1. The molecule has 1 aromatic heterocycles. The second-order valence-corrected chi connectivity index (χ2v) is 5.14. The minimum atomic E-state index is 1.08. The SMILES string of the molecule is Cc1ccc(-c2ccccc2-c2nccs2)cc1. The molecule has 0 bridgehead atoms. The summed E-state index contributed by atoms with van der Waals surface area (Å²) < 4.78 is 0. The molecule has 0 saturated heterocycles. The van der Waals surface area contributed by atoms with Gasteiger partial charge in [-0.2, -0.15) is 0 Å². The van der Waals surface area contributed by atoms with Gasteiger partial charge >= 0.3 is 0 Å². The highest BCUT2D eigenvalue weighted by molar-refractivity contribution is 7.13. The van der Waals surface area contributed by atoms with Crippen LogP contribution in [-0.4, -0.2) is 4.98 Å². The summed E-state index contributed by atoms with van der Waals surface area (Å²) in [5.41, 5.74) is 4.97. The zero-order valence-electron chi connectivity index (χ0n) is 10.1. The summed E-state index contributed by atoms with van der Waals surface area (Å²) in [6.07, 6.45) is 1.85. The molecule has 0 saturated carbocycles. The average molecular weight is 251 g/mol. The third-order valence-electron chi connectivity index (χ3n) is 2.95. The molecular weight excluding hydrogens is 238 g/mol. The Balaban J connectivity index is 2.15. The molecule has 0 amide bonds. The minimum absolute atomic E-state index is 1.08. The van der Waals surface area contributed by atoms with E-state index in [-0.39, 0.29) is 0 Å². The van der Waals surface area contributed by atoms with E-state index in [0.29, 0.717) is 0 Å². The third-order valence-corrected chi connectivity index (χ3v) is 3.76. The molecule has 3 rings (SSSR count). The molecule has 18 heavy (non-hydrogen) atoms. The first-order valence-electron chi connectivity index (χ1n) is 5.90. The first kappa shape index (κ1) is 11.2. The summed E-state index contributed by atoms with van der Waals surface area (Å²) >= 11 is 1.68. The fourth-order valence-electron chi connectivity index (χ4n) is 2.01. The Bertz CT molecular complexity index is 639. The lowest BCUT2D eigenvalue weighted by atomic mass is 9.99. The van der Waals surface area contributed by atoms with Gasteiger partial charge in [-0.3, -0.25) is 0 Å². The van der Waals surface area contributed by atoms with Gasteiger partial charge in [-0.05, 0) is 18.1 Å². The maximum Gasteiger partial charge on any atom is 0.123 e. The summed E-state index contributed by atoms with van der Waals surface area (Å²) in [7, 11) is 0. The highest BCUT2D eigenvalue weighted by Crippen LogP contribution is 2.32. The number of nitrogens with zero attached hydrogens (tertiary/aromatic N) is 1. The van der Waals surface area contributed by atoms with Gasteiger partial charge in [0.1, 0.15) is 5.01 Å². The predicted octanol–water partition coefficient (Wildman–Crippen LogP) is 4.79. The molecule has 0 fully saturated rings. The first-order valence-corrected chi connectivity index (χ1v) is 6.78. The van der Waals surface area contributed by atoms with Gasteiger partial charge in [-0.1, -0.05) is 54.1 Å². The van der Waals surface area contributed by atoms with Crippen molar-refractivity contribution in [2.24, 2.45) is 0 Å². The molecule has 0 aliphatic carbocycles. The van der Waals surface area contributed by atoms with Crippen LogP contribution in [-0.2, 0) is 0 Å². The van der Waals surface area contributed by atoms with Crippen molar-refractivity contribution in [3.8, 4) is 21.7 Å². The number of rotatable bonds is 2. The molecule has 0 unspecified atom stereocenters. The van der Waals surface area contributed by atoms with E-state index >= 15 is 0 Å². The van der Waals surface area contributed by atoms with Gasteiger partial charge in [0.25, 0.3) is 0 Å². The fourth-order valence-corrected chi connectivity index (χ4v) is 2.69. The zero-order valence-corrected chi connectivity index (χ0v) is 10.9. The quantitative estimate of drug-likeness (QED) is 0.638. The molecule has 2 aromatic carbocycles. The van der Waals surface area contributed by atoms with Crippen molar-refractivity contribution in [2.75, 3.05) is 0 Å². The molecule has 0 spiro atoms. The number of benzene rings is 2. The number of hydrogen-bond acceptors (Lipinski definition) is 2. The number of aromatic nitrogens is 1. The molecular formula is C16H13NS. The Kier molecular flexibility index (Phi) is 2.95. The molecule has 2 heteroatoms. The van der Waals surface area contributed by atoms with Crippen LogP contribution in [0.25, 0.3) is 21.7 Å². The topological polar surface area (TPSA) is 12.9 Å². The van der Waals surface area contributed by atoms with Gasteiger partial charge in [-0.15, -0.1) is 11.3 Å². The van der Waals surface area contributed by atoms with Gasteiger partial charge in [0.2, 0.25) is 0 Å². The Morgan fingerprint density at radius 3 is 2.28 bits per heavy atom. The van der Waals surface area contributed by atoms with Crippen molar-refractivity contribution in [1.29, 1.82) is 0 Å². The molecule has 0 aliphatic heterocycles. The summed E-state index contributed by atoms with van der Waals surface area (Å²) in [6.45, 7) is 2.11. The summed E-state index contributed by atoms with van der Waals surface area (Å²) in [4.78, 5) is 4.41. The zero-order chi connectivity index (χ0) is 12.4. The van der Waals surface area contributed by atoms with E-state index in [0.717, 1.165) is 5.01 Å². The fraction of sp³-hybridized carbons (Fsp3) is 0.0625. The van der Waals surface area contributed by atoms with Gasteiger partial charge in [0.05, 0.1) is 0 Å².